The fourth-order valence-electron chi connectivity index (χ4n) is 4.09. The molecule has 6 atom stereocenters. The van der Waals surface area contributed by atoms with Gasteiger partial charge in [0.05, 0.1) is 38.0 Å². The van der Waals surface area contributed by atoms with Gasteiger partial charge in [0.2, 0.25) is 29.5 Å². The van der Waals surface area contributed by atoms with E-state index in [0.29, 0.717) is 11.3 Å². The Bertz CT molecular complexity index is 1390. The number of carboxylic acids is 2. The smallest absolute Gasteiger partial charge is 0.326 e. The standard InChI is InChI=1S/C28H38N8O11/c1-14(38)23(27(45)34-19(28(46)47)7-15-5-3-2-4-6-15)36-21(39)11-31-25(43)18(9-22(40)41)33-26(44)20(12-37)35-24(42)17(29)8-16-10-30-13-32-16/h2-6,10,13-14,17-20,23,37-38H,7-9,11-12,29H2,1H3,(H,30,32)(H,31,43)(H,33,44)(H,34,45)(H,35,42)(H,36,39)(H,40,41)(H,46,47)/t14-,17+,18+,19+,20+,23+/m1/s1. The second kappa shape index (κ2) is 18.5. The summed E-state index contributed by atoms with van der Waals surface area (Å²) >= 11 is 0. The van der Waals surface area contributed by atoms with Crippen molar-refractivity contribution in [1.29, 1.82) is 0 Å². The molecule has 0 aliphatic heterocycles. The highest BCUT2D eigenvalue weighted by Gasteiger charge is 2.32. The predicted octanol–water partition coefficient (Wildman–Crippen LogP) is -4.49. The summed E-state index contributed by atoms with van der Waals surface area (Å²) in [4.78, 5) is 92.9. The maximum Gasteiger partial charge on any atom is 0.326 e. The van der Waals surface area contributed by atoms with E-state index in [0.717, 1.165) is 6.92 Å². The number of nitrogens with zero attached hydrogens (tertiary/aromatic N) is 1. The fourth-order valence-corrected chi connectivity index (χ4v) is 4.09. The molecular weight excluding hydrogens is 624 g/mol. The Morgan fingerprint density at radius 1 is 0.851 bits per heavy atom. The van der Waals surface area contributed by atoms with Gasteiger partial charge in [-0.3, -0.25) is 28.8 Å². The van der Waals surface area contributed by atoms with Gasteiger partial charge in [0.15, 0.2) is 0 Å². The number of carboxylic acid groups (broad SMARTS) is 2. The lowest BCUT2D eigenvalue weighted by Gasteiger charge is -2.24. The summed E-state index contributed by atoms with van der Waals surface area (Å²) in [5.41, 5.74) is 6.94. The van der Waals surface area contributed by atoms with E-state index in [2.05, 4.69) is 36.6 Å². The molecule has 1 heterocycles. The number of aliphatic carboxylic acids is 2. The van der Waals surface area contributed by atoms with Crippen LogP contribution in [0.1, 0.15) is 24.6 Å². The average Bonchev–Trinajstić information content (AvgIpc) is 3.53. The molecule has 0 aliphatic carbocycles. The van der Waals surface area contributed by atoms with Crippen LogP contribution in [0.2, 0.25) is 0 Å². The van der Waals surface area contributed by atoms with Crippen LogP contribution in [0.4, 0.5) is 0 Å². The molecule has 19 nitrogen and oxygen atoms in total. The van der Waals surface area contributed by atoms with Crippen LogP contribution in [0.3, 0.4) is 0 Å². The van der Waals surface area contributed by atoms with Gasteiger partial charge in [0, 0.05) is 24.7 Å². The Labute approximate surface area is 267 Å². The third-order valence-corrected chi connectivity index (χ3v) is 6.56. The molecule has 1 aromatic heterocycles. The van der Waals surface area contributed by atoms with E-state index in [1.165, 1.54) is 12.5 Å². The topological polar surface area (TPSA) is 315 Å². The molecular formula is C28H38N8O11. The average molecular weight is 663 g/mol. The van der Waals surface area contributed by atoms with Crippen molar-refractivity contribution in [3.05, 3.63) is 54.1 Å². The van der Waals surface area contributed by atoms with Crippen LogP contribution in [0, 0.1) is 0 Å². The van der Waals surface area contributed by atoms with Gasteiger partial charge in [-0.2, -0.15) is 0 Å². The summed E-state index contributed by atoms with van der Waals surface area (Å²) in [5.74, 6) is -8.05. The van der Waals surface area contributed by atoms with Crippen molar-refractivity contribution in [2.75, 3.05) is 13.2 Å². The van der Waals surface area contributed by atoms with Gasteiger partial charge in [0.25, 0.3) is 0 Å². The molecule has 0 bridgehead atoms. The first-order chi connectivity index (χ1) is 22.2. The largest absolute Gasteiger partial charge is 0.481 e. The highest BCUT2D eigenvalue weighted by Crippen LogP contribution is 2.05. The van der Waals surface area contributed by atoms with E-state index in [4.69, 9.17) is 5.73 Å². The number of aromatic amines is 1. The summed E-state index contributed by atoms with van der Waals surface area (Å²) in [6.07, 6.45) is 0.269. The summed E-state index contributed by atoms with van der Waals surface area (Å²) in [5, 5.41) is 49.3. The van der Waals surface area contributed by atoms with Crippen molar-refractivity contribution in [2.24, 2.45) is 5.73 Å². The van der Waals surface area contributed by atoms with E-state index in [-0.39, 0.29) is 12.8 Å². The van der Waals surface area contributed by atoms with Crippen LogP contribution >= 0.6 is 0 Å². The molecule has 12 N–H and O–H groups in total. The monoisotopic (exact) mass is 662 g/mol. The van der Waals surface area contributed by atoms with Crippen molar-refractivity contribution in [3.63, 3.8) is 0 Å². The Balaban J connectivity index is 1.98. The lowest BCUT2D eigenvalue weighted by atomic mass is 10.0. The molecule has 0 fully saturated rings. The van der Waals surface area contributed by atoms with Crippen LogP contribution in [0.25, 0.3) is 0 Å². The molecule has 1 aromatic carbocycles. The van der Waals surface area contributed by atoms with Crippen LogP contribution < -0.4 is 32.3 Å². The number of nitrogens with two attached hydrogens (primary N) is 1. The summed E-state index contributed by atoms with van der Waals surface area (Å²) in [7, 11) is 0. The van der Waals surface area contributed by atoms with Gasteiger partial charge in [-0.05, 0) is 12.5 Å². The number of benzene rings is 1. The first-order valence-corrected chi connectivity index (χ1v) is 14.2. The quantitative estimate of drug-likeness (QED) is 0.0677. The highest BCUT2D eigenvalue weighted by atomic mass is 16.4. The summed E-state index contributed by atoms with van der Waals surface area (Å²) in [6, 6.07) is 0.799. The van der Waals surface area contributed by atoms with E-state index in [1.54, 1.807) is 30.3 Å². The number of H-pyrrole nitrogens is 1. The molecule has 256 valence electrons. The van der Waals surface area contributed by atoms with Crippen molar-refractivity contribution >= 4 is 41.5 Å². The zero-order chi connectivity index (χ0) is 35.1. The number of carbonyl (C=O) groups excluding carboxylic acids is 5. The zero-order valence-electron chi connectivity index (χ0n) is 25.2. The number of rotatable bonds is 19. The van der Waals surface area contributed by atoms with Crippen molar-refractivity contribution in [3.8, 4) is 0 Å². The Morgan fingerprint density at radius 2 is 1.49 bits per heavy atom. The van der Waals surface area contributed by atoms with E-state index >= 15 is 0 Å². The maximum atomic E-state index is 12.8. The molecule has 5 amide bonds. The van der Waals surface area contributed by atoms with Crippen LogP contribution in [0.15, 0.2) is 42.9 Å². The minimum Gasteiger partial charge on any atom is -0.481 e. The SMILES string of the molecule is C[C@@H](O)[C@H](NC(=O)CNC(=O)[C@H](CC(=O)O)NC(=O)[C@H](CO)NC(=O)[C@@H](N)Cc1cnc[nH]1)C(=O)N[C@@H](Cc1ccccc1)C(=O)O. The lowest BCUT2D eigenvalue weighted by molar-refractivity contribution is -0.142. The van der Waals surface area contributed by atoms with Gasteiger partial charge in [0.1, 0.15) is 24.2 Å². The van der Waals surface area contributed by atoms with E-state index in [1.807, 2.05) is 0 Å². The van der Waals surface area contributed by atoms with Gasteiger partial charge in [-0.15, -0.1) is 0 Å². The number of nitrogens with one attached hydrogen (secondary N) is 6. The van der Waals surface area contributed by atoms with Crippen LogP contribution in [-0.2, 0) is 46.4 Å². The molecule has 47 heavy (non-hydrogen) atoms. The fraction of sp³-hybridized carbons (Fsp3) is 0.429. The number of imidazole rings is 1. The number of carbonyl (C=O) groups is 7. The molecule has 0 unspecified atom stereocenters. The zero-order valence-corrected chi connectivity index (χ0v) is 25.2. The molecule has 0 spiro atoms. The predicted molar refractivity (Wildman–Crippen MR) is 160 cm³/mol. The van der Waals surface area contributed by atoms with Crippen molar-refractivity contribution < 1.29 is 54.0 Å². The molecule has 0 aliphatic rings. The van der Waals surface area contributed by atoms with Crippen molar-refractivity contribution in [2.45, 2.75) is 62.5 Å². The highest BCUT2D eigenvalue weighted by molar-refractivity contribution is 5.96. The first-order valence-electron chi connectivity index (χ1n) is 14.2. The number of hydrogen-bond donors (Lipinski definition) is 11. The molecule has 19 heteroatoms. The molecule has 0 saturated heterocycles. The van der Waals surface area contributed by atoms with E-state index in [9.17, 15) is 54.0 Å². The normalized spacial score (nSPS) is 14.6. The van der Waals surface area contributed by atoms with Crippen LogP contribution in [-0.4, -0.2) is 121 Å². The second-order valence-electron chi connectivity index (χ2n) is 10.4. The second-order valence-corrected chi connectivity index (χ2v) is 10.4. The number of aromatic nitrogens is 2. The lowest BCUT2D eigenvalue weighted by Crippen LogP contribution is -2.59. The Kier molecular flexibility index (Phi) is 14.9. The third kappa shape index (κ3) is 12.9. The Hall–Kier alpha value is -5.40. The van der Waals surface area contributed by atoms with Crippen molar-refractivity contribution in [1.82, 2.24) is 36.6 Å². The number of amides is 5. The number of hydrogen-bond acceptors (Lipinski definition) is 11. The van der Waals surface area contributed by atoms with Crippen LogP contribution in [0.5, 0.6) is 0 Å². The molecule has 0 radical (unpaired) electrons. The summed E-state index contributed by atoms with van der Waals surface area (Å²) in [6.45, 7) is -0.625. The molecule has 2 aromatic rings. The van der Waals surface area contributed by atoms with Gasteiger partial charge in [-0.1, -0.05) is 30.3 Å². The Morgan fingerprint density at radius 3 is 2.04 bits per heavy atom. The number of aliphatic hydroxyl groups is 2. The van der Waals surface area contributed by atoms with E-state index < -0.39 is 97.4 Å². The summed E-state index contributed by atoms with van der Waals surface area (Å²) < 4.78 is 0. The van der Waals surface area contributed by atoms with Gasteiger partial charge < -0.3 is 57.7 Å². The first kappa shape index (κ1) is 37.8. The molecule has 2 rings (SSSR count). The van der Waals surface area contributed by atoms with Gasteiger partial charge >= 0.3 is 11.9 Å². The van der Waals surface area contributed by atoms with Gasteiger partial charge in [-0.25, -0.2) is 9.78 Å². The third-order valence-electron chi connectivity index (χ3n) is 6.56. The molecule has 0 saturated carbocycles. The minimum absolute atomic E-state index is 0.0170. The number of aliphatic hydroxyl groups excluding tert-OH is 2. The maximum absolute atomic E-state index is 12.8. The minimum atomic E-state index is -1.78.